The fourth-order valence-corrected chi connectivity index (χ4v) is 12.2. The van der Waals surface area contributed by atoms with Crippen molar-refractivity contribution in [3.05, 3.63) is 326 Å². The third-order valence-corrected chi connectivity index (χ3v) is 15.5. The number of rotatable bonds is 10. The second kappa shape index (κ2) is 18.4. The number of benzene rings is 12. The fourth-order valence-electron chi connectivity index (χ4n) is 12.2. The quantitative estimate of drug-likeness (QED) is 0.133. The van der Waals surface area contributed by atoms with Crippen molar-refractivity contribution in [2.75, 3.05) is 4.90 Å². The maximum absolute atomic E-state index is 2.49. The Balaban J connectivity index is 0.887. The van der Waals surface area contributed by atoms with Crippen molar-refractivity contribution >= 4 is 38.9 Å². The molecule has 1 aliphatic rings. The lowest BCUT2D eigenvalue weighted by Gasteiger charge is -2.34. The molecule has 0 N–H and O–H groups in total. The second-order valence-corrected chi connectivity index (χ2v) is 19.6. The predicted octanol–water partition coefficient (Wildman–Crippen LogP) is 19.3. The van der Waals surface area contributed by atoms with Gasteiger partial charge in [-0.3, -0.25) is 0 Å². The number of hydrogen-bond donors (Lipinski definition) is 0. The van der Waals surface area contributed by atoms with Crippen LogP contribution in [0.2, 0.25) is 0 Å². The van der Waals surface area contributed by atoms with E-state index in [0.717, 1.165) is 33.9 Å². The molecule has 0 saturated heterocycles. The van der Waals surface area contributed by atoms with Crippen LogP contribution in [-0.4, -0.2) is 4.57 Å². The van der Waals surface area contributed by atoms with Gasteiger partial charge in [0.1, 0.15) is 0 Å². The van der Waals surface area contributed by atoms with Gasteiger partial charge in [-0.25, -0.2) is 0 Å². The molecule has 0 atom stereocenters. The van der Waals surface area contributed by atoms with E-state index in [9.17, 15) is 0 Å². The standard InChI is InChI=1S/C73H50N2/c1-5-22-51(23-6-1)61-32-13-14-33-62(61)52-40-43-58(44-41-52)74(57-29-11-4-12-30-57)59-31-21-24-53(48-59)63-34-15-16-35-64(63)54-42-46-68-67-37-18-20-39-71(67)75(72(68)49-54)60-45-47-66-65-36-17-19-38-69(65)73(70(66)50-60,55-25-7-2-8-26-55)56-27-9-3-10-28-56/h1-50H. The lowest BCUT2D eigenvalue weighted by atomic mass is 9.67. The maximum atomic E-state index is 2.49. The number of fused-ring (bicyclic) bond motifs is 6. The van der Waals surface area contributed by atoms with E-state index < -0.39 is 5.41 Å². The lowest BCUT2D eigenvalue weighted by molar-refractivity contribution is 0.767. The molecule has 12 aromatic carbocycles. The summed E-state index contributed by atoms with van der Waals surface area (Å²) in [5.74, 6) is 0. The summed E-state index contributed by atoms with van der Waals surface area (Å²) in [5, 5.41) is 2.46. The van der Waals surface area contributed by atoms with Crippen molar-refractivity contribution in [3.8, 4) is 61.3 Å². The summed E-state index contributed by atoms with van der Waals surface area (Å²) in [6.45, 7) is 0. The Hall–Kier alpha value is -9.76. The molecule has 0 saturated carbocycles. The van der Waals surface area contributed by atoms with Gasteiger partial charge >= 0.3 is 0 Å². The van der Waals surface area contributed by atoms with Crippen molar-refractivity contribution in [2.24, 2.45) is 0 Å². The highest BCUT2D eigenvalue weighted by atomic mass is 15.1. The minimum atomic E-state index is -0.504. The molecule has 352 valence electrons. The molecule has 0 aliphatic heterocycles. The van der Waals surface area contributed by atoms with E-state index in [1.165, 1.54) is 88.6 Å². The van der Waals surface area contributed by atoms with Crippen LogP contribution in [0.5, 0.6) is 0 Å². The maximum Gasteiger partial charge on any atom is 0.0714 e. The van der Waals surface area contributed by atoms with Gasteiger partial charge in [0.2, 0.25) is 0 Å². The molecule has 75 heavy (non-hydrogen) atoms. The molecule has 0 unspecified atom stereocenters. The summed E-state index contributed by atoms with van der Waals surface area (Å²) in [6.07, 6.45) is 0. The van der Waals surface area contributed by atoms with Gasteiger partial charge in [-0.05, 0) is 139 Å². The Morgan fingerprint density at radius 2 is 0.707 bits per heavy atom. The Morgan fingerprint density at radius 3 is 1.37 bits per heavy atom. The smallest absolute Gasteiger partial charge is 0.0714 e. The van der Waals surface area contributed by atoms with Crippen LogP contribution in [0.15, 0.2) is 303 Å². The molecule has 0 radical (unpaired) electrons. The summed E-state index contributed by atoms with van der Waals surface area (Å²) in [6, 6.07) is 111. The zero-order valence-corrected chi connectivity index (χ0v) is 41.3. The summed E-state index contributed by atoms with van der Waals surface area (Å²) in [4.78, 5) is 2.36. The average Bonchev–Trinajstić information content (AvgIpc) is 4.03. The molecule has 1 aromatic heterocycles. The zero-order chi connectivity index (χ0) is 49.7. The Bertz CT molecular complexity index is 4170. The first-order valence-corrected chi connectivity index (χ1v) is 25.9. The monoisotopic (exact) mass is 954 g/mol. The summed E-state index contributed by atoms with van der Waals surface area (Å²) >= 11 is 0. The number of para-hydroxylation sites is 2. The summed E-state index contributed by atoms with van der Waals surface area (Å²) < 4.78 is 2.49. The first-order chi connectivity index (χ1) is 37.2. The van der Waals surface area contributed by atoms with Crippen molar-refractivity contribution in [3.63, 3.8) is 0 Å². The van der Waals surface area contributed by atoms with Crippen molar-refractivity contribution < 1.29 is 0 Å². The van der Waals surface area contributed by atoms with Gasteiger partial charge in [0.15, 0.2) is 0 Å². The minimum Gasteiger partial charge on any atom is -0.310 e. The first-order valence-electron chi connectivity index (χ1n) is 25.9. The van der Waals surface area contributed by atoms with Gasteiger partial charge in [-0.15, -0.1) is 0 Å². The Kier molecular flexibility index (Phi) is 10.8. The van der Waals surface area contributed by atoms with Crippen molar-refractivity contribution in [1.82, 2.24) is 4.57 Å². The van der Waals surface area contributed by atoms with Crippen molar-refractivity contribution in [1.29, 1.82) is 0 Å². The van der Waals surface area contributed by atoms with E-state index in [2.05, 4.69) is 313 Å². The fraction of sp³-hybridized carbons (Fsp3) is 0.0137. The number of nitrogens with zero attached hydrogens (tertiary/aromatic N) is 2. The molecule has 2 nitrogen and oxygen atoms in total. The van der Waals surface area contributed by atoms with E-state index in [1.54, 1.807) is 0 Å². The van der Waals surface area contributed by atoms with Gasteiger partial charge < -0.3 is 9.47 Å². The topological polar surface area (TPSA) is 8.17 Å². The predicted molar refractivity (Wildman–Crippen MR) is 315 cm³/mol. The highest BCUT2D eigenvalue weighted by Gasteiger charge is 2.46. The molecule has 0 fully saturated rings. The number of hydrogen-bond acceptors (Lipinski definition) is 1. The van der Waals surface area contributed by atoms with Crippen molar-refractivity contribution in [2.45, 2.75) is 5.41 Å². The van der Waals surface area contributed by atoms with Crippen LogP contribution >= 0.6 is 0 Å². The highest BCUT2D eigenvalue weighted by Crippen LogP contribution is 2.57. The Labute approximate surface area is 438 Å². The normalized spacial score (nSPS) is 12.4. The lowest BCUT2D eigenvalue weighted by Crippen LogP contribution is -2.28. The van der Waals surface area contributed by atoms with Gasteiger partial charge in [-0.2, -0.15) is 0 Å². The SMILES string of the molecule is c1ccc(-c2ccccc2-c2ccc(N(c3ccccc3)c3cccc(-c4ccccc4-c4ccc5c6ccccc6n(-c6ccc7c(c6)C(c6ccccc6)(c6ccccc6)c6ccccc6-7)c5c4)c3)cc2)cc1. The van der Waals surface area contributed by atoms with Crippen LogP contribution in [0.4, 0.5) is 17.1 Å². The molecule has 2 heteroatoms. The molecule has 0 amide bonds. The number of aromatic nitrogens is 1. The molecule has 1 heterocycles. The van der Waals surface area contributed by atoms with Gasteiger partial charge in [0, 0.05) is 33.5 Å². The third-order valence-electron chi connectivity index (χ3n) is 15.5. The molecule has 1 aliphatic carbocycles. The van der Waals surface area contributed by atoms with E-state index in [0.29, 0.717) is 0 Å². The van der Waals surface area contributed by atoms with Crippen LogP contribution in [-0.2, 0) is 5.41 Å². The van der Waals surface area contributed by atoms with Crippen LogP contribution in [0.1, 0.15) is 22.3 Å². The van der Waals surface area contributed by atoms with E-state index in [-0.39, 0.29) is 0 Å². The van der Waals surface area contributed by atoms with Crippen LogP contribution < -0.4 is 4.90 Å². The first kappa shape index (κ1) is 44.0. The molecular formula is C73H50N2. The van der Waals surface area contributed by atoms with Gasteiger partial charge in [0.05, 0.1) is 16.4 Å². The highest BCUT2D eigenvalue weighted by molar-refractivity contribution is 6.10. The number of anilines is 3. The van der Waals surface area contributed by atoms with Crippen LogP contribution in [0.25, 0.3) is 83.1 Å². The molecule has 13 aromatic rings. The second-order valence-electron chi connectivity index (χ2n) is 19.6. The summed E-state index contributed by atoms with van der Waals surface area (Å²) in [7, 11) is 0. The van der Waals surface area contributed by atoms with E-state index in [4.69, 9.17) is 0 Å². The third kappa shape index (κ3) is 7.33. The average molecular weight is 955 g/mol. The molecule has 0 bridgehead atoms. The largest absolute Gasteiger partial charge is 0.310 e. The molecule has 0 spiro atoms. The Morgan fingerprint density at radius 1 is 0.253 bits per heavy atom. The minimum absolute atomic E-state index is 0.504. The molecular weight excluding hydrogens is 905 g/mol. The van der Waals surface area contributed by atoms with Crippen LogP contribution in [0, 0.1) is 0 Å². The van der Waals surface area contributed by atoms with Gasteiger partial charge in [0.25, 0.3) is 0 Å². The van der Waals surface area contributed by atoms with Crippen LogP contribution in [0.3, 0.4) is 0 Å². The zero-order valence-electron chi connectivity index (χ0n) is 41.3. The van der Waals surface area contributed by atoms with Gasteiger partial charge in [-0.1, -0.05) is 243 Å². The molecule has 14 rings (SSSR count). The summed E-state index contributed by atoms with van der Waals surface area (Å²) in [5.41, 5.74) is 23.4. The van der Waals surface area contributed by atoms with E-state index >= 15 is 0 Å². The van der Waals surface area contributed by atoms with E-state index in [1.807, 2.05) is 0 Å².